The minimum atomic E-state index is -0.658. The Morgan fingerprint density at radius 1 is 0.565 bits per heavy atom. The van der Waals surface area contributed by atoms with Crippen LogP contribution in [0.4, 0.5) is 0 Å². The third kappa shape index (κ3) is 2.86. The van der Waals surface area contributed by atoms with E-state index in [1.54, 1.807) is 6.20 Å². The molecule has 0 unspecified atom stereocenters. The lowest BCUT2D eigenvalue weighted by Crippen LogP contribution is -2.22. The second-order valence-electron chi connectivity index (χ2n) is 5.22. The van der Waals surface area contributed by atoms with Crippen molar-refractivity contribution in [3.8, 4) is 0 Å². The Morgan fingerprint density at radius 2 is 1.22 bits per heavy atom. The Kier molecular flexibility index (Phi) is 3.83. The van der Waals surface area contributed by atoms with Crippen molar-refractivity contribution >= 4 is 35.0 Å². The van der Waals surface area contributed by atoms with Gasteiger partial charge in [-0.05, 0) is 34.9 Å². The van der Waals surface area contributed by atoms with E-state index in [2.05, 4.69) is 77.8 Å². The molecule has 0 spiro atoms. The Balaban J connectivity index is 1.90. The minimum absolute atomic E-state index is 0.658. The quantitative estimate of drug-likeness (QED) is 0.542. The molecule has 0 bridgehead atoms. The molecule has 110 valence electrons. The zero-order chi connectivity index (χ0) is 15.5. The maximum absolute atomic E-state index is 4.89. The van der Waals surface area contributed by atoms with E-state index >= 15 is 0 Å². The van der Waals surface area contributed by atoms with Gasteiger partial charge in [0, 0.05) is 14.1 Å². The fourth-order valence-electron chi connectivity index (χ4n) is 2.64. The van der Waals surface area contributed by atoms with Gasteiger partial charge in [0.1, 0.15) is 0 Å². The molecule has 0 fully saturated rings. The van der Waals surface area contributed by atoms with Gasteiger partial charge in [-0.1, -0.05) is 60.7 Å². The second-order valence-corrected chi connectivity index (χ2v) is 7.38. The predicted molar refractivity (Wildman–Crippen MR) is 98.2 cm³/mol. The monoisotopic (exact) mass is 314 g/mol. The van der Waals surface area contributed by atoms with Gasteiger partial charge in [-0.25, -0.2) is 4.98 Å². The number of pyridine rings is 2. The molecular formula is C20H15N2P. The van der Waals surface area contributed by atoms with Gasteiger partial charge in [0.15, 0.2) is 0 Å². The van der Waals surface area contributed by atoms with Crippen LogP contribution in [0.3, 0.4) is 0 Å². The molecule has 0 saturated carbocycles. The normalized spacial score (nSPS) is 11.0. The highest BCUT2D eigenvalue weighted by atomic mass is 31.1. The van der Waals surface area contributed by atoms with Gasteiger partial charge in [0.05, 0.1) is 16.5 Å². The molecule has 0 aliphatic carbocycles. The van der Waals surface area contributed by atoms with Crippen LogP contribution in [0.2, 0.25) is 0 Å². The van der Waals surface area contributed by atoms with Crippen LogP contribution < -0.4 is 16.0 Å². The summed E-state index contributed by atoms with van der Waals surface area (Å²) in [5.41, 5.74) is 2.99. The largest absolute Gasteiger partial charge is 0.255 e. The van der Waals surface area contributed by atoms with Crippen molar-refractivity contribution in [1.29, 1.82) is 0 Å². The summed E-state index contributed by atoms with van der Waals surface area (Å²) in [6.45, 7) is 0. The zero-order valence-electron chi connectivity index (χ0n) is 12.5. The molecule has 3 heteroatoms. The lowest BCUT2D eigenvalue weighted by atomic mass is 10.3. The Hall–Kier alpha value is -2.57. The van der Waals surface area contributed by atoms with Crippen LogP contribution in [-0.2, 0) is 0 Å². The van der Waals surface area contributed by atoms with Crippen molar-refractivity contribution in [2.45, 2.75) is 0 Å². The van der Waals surface area contributed by atoms with Crippen molar-refractivity contribution < 1.29 is 0 Å². The predicted octanol–water partition coefficient (Wildman–Crippen LogP) is 3.39. The highest BCUT2D eigenvalue weighted by molar-refractivity contribution is 7.79. The maximum Gasteiger partial charge on any atom is 0.0894 e. The topological polar surface area (TPSA) is 25.8 Å². The van der Waals surface area contributed by atoms with Crippen LogP contribution in [0.5, 0.6) is 0 Å². The fourth-order valence-corrected chi connectivity index (χ4v) is 4.84. The molecule has 0 N–H and O–H groups in total. The van der Waals surface area contributed by atoms with Gasteiger partial charge in [-0.15, -0.1) is 0 Å². The molecular weight excluding hydrogens is 299 g/mol. The van der Waals surface area contributed by atoms with Crippen LogP contribution in [0.1, 0.15) is 0 Å². The summed E-state index contributed by atoms with van der Waals surface area (Å²) in [4.78, 5) is 9.27. The van der Waals surface area contributed by atoms with E-state index in [0.717, 1.165) is 16.5 Å². The Bertz CT molecular complexity index is 884. The summed E-state index contributed by atoms with van der Waals surface area (Å²) in [5, 5.41) is 2.62. The van der Waals surface area contributed by atoms with Crippen LogP contribution in [0.15, 0.2) is 91.1 Å². The maximum atomic E-state index is 4.89. The third-order valence-electron chi connectivity index (χ3n) is 3.70. The molecule has 4 rings (SSSR count). The number of fused-ring (bicyclic) bond motifs is 1. The first kappa shape index (κ1) is 14.0. The van der Waals surface area contributed by atoms with Crippen LogP contribution in [-0.4, -0.2) is 9.97 Å². The summed E-state index contributed by atoms with van der Waals surface area (Å²) in [5.74, 6) is 0. The molecule has 2 heterocycles. The average molecular weight is 314 g/mol. The highest BCUT2D eigenvalue weighted by Gasteiger charge is 2.17. The summed E-state index contributed by atoms with van der Waals surface area (Å²) in [7, 11) is -0.658. The summed E-state index contributed by atoms with van der Waals surface area (Å²) in [6, 6.07) is 29.4. The van der Waals surface area contributed by atoms with Gasteiger partial charge in [-0.2, -0.15) is 0 Å². The Labute approximate surface area is 136 Å². The van der Waals surface area contributed by atoms with Gasteiger partial charge >= 0.3 is 0 Å². The van der Waals surface area contributed by atoms with E-state index in [9.17, 15) is 0 Å². The number of nitrogens with zero attached hydrogens (tertiary/aromatic N) is 2. The first-order valence-corrected chi connectivity index (χ1v) is 8.88. The first-order valence-electron chi connectivity index (χ1n) is 7.54. The molecule has 4 aromatic rings. The van der Waals surface area contributed by atoms with Gasteiger partial charge in [0.2, 0.25) is 0 Å². The van der Waals surface area contributed by atoms with Gasteiger partial charge in [-0.3, -0.25) is 4.98 Å². The van der Waals surface area contributed by atoms with E-state index in [1.807, 2.05) is 12.1 Å². The number of aromatic nitrogens is 2. The average Bonchev–Trinajstić information content (AvgIpc) is 2.64. The lowest BCUT2D eigenvalue weighted by Gasteiger charge is -2.18. The molecule has 2 aromatic carbocycles. The molecule has 0 radical (unpaired) electrons. The number of hydrogen-bond donors (Lipinski definition) is 0. The van der Waals surface area contributed by atoms with Crippen LogP contribution in [0, 0.1) is 0 Å². The highest BCUT2D eigenvalue weighted by Crippen LogP contribution is 2.32. The smallest absolute Gasteiger partial charge is 0.0894 e. The number of rotatable bonds is 3. The second kappa shape index (κ2) is 6.28. The number of hydrogen-bond acceptors (Lipinski definition) is 2. The molecule has 2 aromatic heterocycles. The SMILES string of the molecule is c1ccc(P(c2ccccc2)c2ccc3ncccc3n2)cc1. The standard InChI is InChI=1S/C20H15N2P/c1-3-8-16(9-4-1)23(17-10-5-2-6-11-17)20-14-13-18-19(22-20)12-7-15-21-18/h1-15H. The van der Waals surface area contributed by atoms with Gasteiger partial charge in [0.25, 0.3) is 0 Å². The molecule has 0 aliphatic rings. The van der Waals surface area contributed by atoms with Gasteiger partial charge < -0.3 is 0 Å². The molecule has 0 aliphatic heterocycles. The van der Waals surface area contributed by atoms with E-state index in [0.29, 0.717) is 0 Å². The summed E-state index contributed by atoms with van der Waals surface area (Å²) in [6.07, 6.45) is 1.81. The molecule has 0 atom stereocenters. The van der Waals surface area contributed by atoms with Crippen molar-refractivity contribution in [1.82, 2.24) is 9.97 Å². The molecule has 23 heavy (non-hydrogen) atoms. The van der Waals surface area contributed by atoms with E-state index in [-0.39, 0.29) is 0 Å². The van der Waals surface area contributed by atoms with Crippen molar-refractivity contribution in [2.75, 3.05) is 0 Å². The third-order valence-corrected chi connectivity index (χ3v) is 6.04. The summed E-state index contributed by atoms with van der Waals surface area (Å²) < 4.78 is 0. The lowest BCUT2D eigenvalue weighted by molar-refractivity contribution is 1.36. The van der Waals surface area contributed by atoms with Crippen molar-refractivity contribution in [2.24, 2.45) is 0 Å². The van der Waals surface area contributed by atoms with E-state index in [1.165, 1.54) is 10.6 Å². The minimum Gasteiger partial charge on any atom is -0.255 e. The van der Waals surface area contributed by atoms with E-state index < -0.39 is 7.92 Å². The molecule has 2 nitrogen and oxygen atoms in total. The summed E-state index contributed by atoms with van der Waals surface area (Å²) >= 11 is 0. The van der Waals surface area contributed by atoms with Crippen LogP contribution in [0.25, 0.3) is 11.0 Å². The van der Waals surface area contributed by atoms with Crippen LogP contribution >= 0.6 is 7.92 Å². The van der Waals surface area contributed by atoms with E-state index in [4.69, 9.17) is 4.98 Å². The Morgan fingerprint density at radius 3 is 1.87 bits per heavy atom. The van der Waals surface area contributed by atoms with Crippen molar-refractivity contribution in [3.63, 3.8) is 0 Å². The first-order chi connectivity index (χ1) is 11.4. The number of benzene rings is 2. The molecule has 0 saturated heterocycles. The fraction of sp³-hybridized carbons (Fsp3) is 0. The zero-order valence-corrected chi connectivity index (χ0v) is 13.4. The molecule has 0 amide bonds. The van der Waals surface area contributed by atoms with Crippen molar-refractivity contribution in [3.05, 3.63) is 91.1 Å².